The highest BCUT2D eigenvalue weighted by molar-refractivity contribution is 7.10. The molecule has 0 aromatic carbocycles. The van der Waals surface area contributed by atoms with E-state index in [1.807, 2.05) is 24.4 Å². The maximum Gasteiger partial charge on any atom is 0.277 e. The van der Waals surface area contributed by atoms with Crippen LogP contribution in [0.4, 0.5) is 0 Å². The SMILES string of the molecule is CC(N)c1nc(-c2nc(-c3ccncc3)no2)cs1. The number of aromatic nitrogens is 4. The first-order valence-corrected chi connectivity index (χ1v) is 6.57. The minimum Gasteiger partial charge on any atom is -0.332 e. The van der Waals surface area contributed by atoms with Crippen molar-refractivity contribution in [3.8, 4) is 23.0 Å². The first kappa shape index (κ1) is 11.9. The minimum absolute atomic E-state index is 0.0960. The topological polar surface area (TPSA) is 90.7 Å². The summed E-state index contributed by atoms with van der Waals surface area (Å²) in [5, 5.41) is 6.65. The summed E-state index contributed by atoms with van der Waals surface area (Å²) in [6.07, 6.45) is 3.37. The molecule has 7 heteroatoms. The van der Waals surface area contributed by atoms with Crippen LogP contribution in [0, 0.1) is 0 Å². The fourth-order valence-electron chi connectivity index (χ4n) is 1.54. The van der Waals surface area contributed by atoms with E-state index in [1.54, 1.807) is 12.4 Å². The van der Waals surface area contributed by atoms with Crippen LogP contribution in [0.3, 0.4) is 0 Å². The van der Waals surface area contributed by atoms with Crippen molar-refractivity contribution in [2.24, 2.45) is 5.73 Å². The summed E-state index contributed by atoms with van der Waals surface area (Å²) in [5.74, 6) is 0.919. The van der Waals surface area contributed by atoms with Gasteiger partial charge in [-0.25, -0.2) is 4.98 Å². The third kappa shape index (κ3) is 2.38. The van der Waals surface area contributed by atoms with Crippen LogP contribution >= 0.6 is 11.3 Å². The number of hydrogen-bond acceptors (Lipinski definition) is 7. The molecule has 0 aliphatic heterocycles. The summed E-state index contributed by atoms with van der Waals surface area (Å²) in [7, 11) is 0. The van der Waals surface area contributed by atoms with Gasteiger partial charge in [0, 0.05) is 23.3 Å². The van der Waals surface area contributed by atoms with Crippen molar-refractivity contribution >= 4 is 11.3 Å². The second-order valence-corrected chi connectivity index (χ2v) is 4.91. The molecule has 6 nitrogen and oxygen atoms in total. The van der Waals surface area contributed by atoms with Crippen LogP contribution in [0.1, 0.15) is 18.0 Å². The molecular formula is C12H11N5OS. The number of rotatable bonds is 3. The molecule has 3 aromatic heterocycles. The van der Waals surface area contributed by atoms with E-state index >= 15 is 0 Å². The molecular weight excluding hydrogens is 262 g/mol. The molecule has 1 unspecified atom stereocenters. The summed E-state index contributed by atoms with van der Waals surface area (Å²) in [6.45, 7) is 1.89. The Hall–Kier alpha value is -2.12. The van der Waals surface area contributed by atoms with Crippen LogP contribution in [0.5, 0.6) is 0 Å². The highest BCUT2D eigenvalue weighted by atomic mass is 32.1. The Kier molecular flexibility index (Phi) is 3.06. The smallest absolute Gasteiger partial charge is 0.277 e. The first-order chi connectivity index (χ1) is 9.24. The van der Waals surface area contributed by atoms with Gasteiger partial charge in [0.1, 0.15) is 10.7 Å². The normalized spacial score (nSPS) is 12.5. The molecule has 96 valence electrons. The summed E-state index contributed by atoms with van der Waals surface area (Å²) in [5.41, 5.74) is 7.29. The van der Waals surface area contributed by atoms with Crippen LogP contribution in [0.15, 0.2) is 34.4 Å². The Morgan fingerprint density at radius 1 is 1.26 bits per heavy atom. The van der Waals surface area contributed by atoms with E-state index in [0.717, 1.165) is 10.6 Å². The van der Waals surface area contributed by atoms with E-state index < -0.39 is 0 Å². The van der Waals surface area contributed by atoms with Crippen LogP contribution in [-0.4, -0.2) is 20.1 Å². The van der Waals surface area contributed by atoms with Gasteiger partial charge in [-0.05, 0) is 19.1 Å². The van der Waals surface area contributed by atoms with Crippen molar-refractivity contribution in [2.75, 3.05) is 0 Å². The van der Waals surface area contributed by atoms with Crippen molar-refractivity contribution in [1.82, 2.24) is 20.1 Å². The van der Waals surface area contributed by atoms with Crippen molar-refractivity contribution < 1.29 is 4.52 Å². The third-order valence-corrected chi connectivity index (χ3v) is 3.54. The lowest BCUT2D eigenvalue weighted by molar-refractivity contribution is 0.431. The fourth-order valence-corrected chi connectivity index (χ4v) is 2.29. The van der Waals surface area contributed by atoms with Crippen LogP contribution < -0.4 is 5.73 Å². The lowest BCUT2D eigenvalue weighted by Crippen LogP contribution is -2.03. The summed E-state index contributed by atoms with van der Waals surface area (Å²) < 4.78 is 5.22. The Morgan fingerprint density at radius 2 is 2.05 bits per heavy atom. The fraction of sp³-hybridized carbons (Fsp3) is 0.167. The highest BCUT2D eigenvalue weighted by Crippen LogP contribution is 2.25. The molecule has 19 heavy (non-hydrogen) atoms. The molecule has 0 aliphatic rings. The molecule has 1 atom stereocenters. The summed E-state index contributed by atoms with van der Waals surface area (Å²) in [6, 6.07) is 3.55. The lowest BCUT2D eigenvalue weighted by Gasteiger charge is -1.95. The van der Waals surface area contributed by atoms with Gasteiger partial charge in [-0.3, -0.25) is 4.98 Å². The zero-order valence-corrected chi connectivity index (χ0v) is 11.0. The van der Waals surface area contributed by atoms with Crippen LogP contribution in [0.2, 0.25) is 0 Å². The average molecular weight is 273 g/mol. The van der Waals surface area contributed by atoms with E-state index in [-0.39, 0.29) is 6.04 Å². The van der Waals surface area contributed by atoms with E-state index in [2.05, 4.69) is 20.1 Å². The number of nitrogens with two attached hydrogens (primary N) is 1. The average Bonchev–Trinajstić information content (AvgIpc) is 3.09. The van der Waals surface area contributed by atoms with Gasteiger partial charge >= 0.3 is 0 Å². The number of hydrogen-bond donors (Lipinski definition) is 1. The van der Waals surface area contributed by atoms with Crippen molar-refractivity contribution in [3.63, 3.8) is 0 Å². The van der Waals surface area contributed by atoms with Gasteiger partial charge < -0.3 is 10.3 Å². The van der Waals surface area contributed by atoms with Gasteiger partial charge in [-0.1, -0.05) is 5.16 Å². The zero-order chi connectivity index (χ0) is 13.2. The molecule has 0 saturated carbocycles. The Balaban J connectivity index is 1.92. The number of nitrogens with zero attached hydrogens (tertiary/aromatic N) is 4. The maximum atomic E-state index is 5.78. The molecule has 0 amide bonds. The lowest BCUT2D eigenvalue weighted by atomic mass is 10.2. The van der Waals surface area contributed by atoms with Gasteiger partial charge in [0.2, 0.25) is 5.82 Å². The van der Waals surface area contributed by atoms with Crippen molar-refractivity contribution in [2.45, 2.75) is 13.0 Å². The standard InChI is InChI=1S/C12H11N5OS/c1-7(13)12-15-9(6-19-12)11-16-10(17-18-11)8-2-4-14-5-3-8/h2-7H,13H2,1H3. The first-order valence-electron chi connectivity index (χ1n) is 5.69. The van der Waals surface area contributed by atoms with E-state index in [1.165, 1.54) is 11.3 Å². The van der Waals surface area contributed by atoms with Crippen LogP contribution in [0.25, 0.3) is 23.0 Å². The predicted molar refractivity (Wildman–Crippen MR) is 71.2 cm³/mol. The highest BCUT2D eigenvalue weighted by Gasteiger charge is 2.14. The van der Waals surface area contributed by atoms with E-state index in [4.69, 9.17) is 10.3 Å². The Bertz CT molecular complexity index is 676. The van der Waals surface area contributed by atoms with Crippen molar-refractivity contribution in [3.05, 3.63) is 34.9 Å². The van der Waals surface area contributed by atoms with Gasteiger partial charge in [-0.2, -0.15) is 4.98 Å². The third-order valence-electron chi connectivity index (χ3n) is 2.50. The Morgan fingerprint density at radius 3 is 2.74 bits per heavy atom. The van der Waals surface area contributed by atoms with Gasteiger partial charge in [-0.15, -0.1) is 11.3 Å². The Labute approximate surface area is 113 Å². The summed E-state index contributed by atoms with van der Waals surface area (Å²) >= 11 is 1.48. The van der Waals surface area contributed by atoms with Crippen LogP contribution in [-0.2, 0) is 0 Å². The maximum absolute atomic E-state index is 5.78. The van der Waals surface area contributed by atoms with E-state index in [0.29, 0.717) is 17.4 Å². The molecule has 0 spiro atoms. The molecule has 0 aliphatic carbocycles. The van der Waals surface area contributed by atoms with E-state index in [9.17, 15) is 0 Å². The molecule has 0 fully saturated rings. The molecule has 0 radical (unpaired) electrons. The minimum atomic E-state index is -0.0960. The second kappa shape index (κ2) is 4.87. The molecule has 2 N–H and O–H groups in total. The molecule has 3 heterocycles. The molecule has 3 aromatic rings. The second-order valence-electron chi connectivity index (χ2n) is 4.02. The zero-order valence-electron chi connectivity index (χ0n) is 10.1. The number of pyridine rings is 1. The largest absolute Gasteiger partial charge is 0.332 e. The quantitative estimate of drug-likeness (QED) is 0.787. The molecule has 0 bridgehead atoms. The van der Waals surface area contributed by atoms with Crippen molar-refractivity contribution in [1.29, 1.82) is 0 Å². The monoisotopic (exact) mass is 273 g/mol. The summed E-state index contributed by atoms with van der Waals surface area (Å²) in [4.78, 5) is 12.6. The number of thiazole rings is 1. The van der Waals surface area contributed by atoms with Gasteiger partial charge in [0.15, 0.2) is 0 Å². The molecule has 0 saturated heterocycles. The van der Waals surface area contributed by atoms with Gasteiger partial charge in [0.05, 0.1) is 6.04 Å². The van der Waals surface area contributed by atoms with Gasteiger partial charge in [0.25, 0.3) is 5.89 Å². The predicted octanol–water partition coefficient (Wildman–Crippen LogP) is 2.27. The molecule has 3 rings (SSSR count).